The minimum absolute atomic E-state index is 0.0181. The fourth-order valence-corrected chi connectivity index (χ4v) is 4.54. The van der Waals surface area contributed by atoms with Crippen LogP contribution in [0.25, 0.3) is 0 Å². The summed E-state index contributed by atoms with van der Waals surface area (Å²) in [5.41, 5.74) is 0.668. The van der Waals surface area contributed by atoms with Gasteiger partial charge in [-0.15, -0.1) is 0 Å². The van der Waals surface area contributed by atoms with Crippen LogP contribution < -0.4 is 10.2 Å². The lowest BCUT2D eigenvalue weighted by Gasteiger charge is -2.46. The van der Waals surface area contributed by atoms with Gasteiger partial charge in [0.05, 0.1) is 18.6 Å². The molecule has 1 amide bonds. The zero-order valence-electron chi connectivity index (χ0n) is 13.3. The maximum atomic E-state index is 12.4. The average Bonchev–Trinajstić information content (AvgIpc) is 2.48. The summed E-state index contributed by atoms with van der Waals surface area (Å²) >= 11 is 5.98. The van der Waals surface area contributed by atoms with Crippen molar-refractivity contribution in [1.82, 2.24) is 5.32 Å². The molecule has 4 heteroatoms. The predicted octanol–water partition coefficient (Wildman–Crippen LogP) is 2.45. The highest BCUT2D eigenvalue weighted by molar-refractivity contribution is 6.30. The molecule has 22 heavy (non-hydrogen) atoms. The van der Waals surface area contributed by atoms with E-state index in [0.717, 1.165) is 24.9 Å². The molecule has 0 saturated carbocycles. The van der Waals surface area contributed by atoms with E-state index in [4.69, 9.17) is 11.6 Å². The van der Waals surface area contributed by atoms with E-state index in [1.54, 1.807) is 17.0 Å². The standard InChI is InChI=1S/C18H25ClN2O/c1-2-9-21-16-7-4-8-17(21)12-15(11-16)20-18(22)13-5-3-6-14(19)10-13/h3,5-6,10,15-17H,2,4,7-9,11-12H2,1H3,(H,20,22)/p+1/t15?,16-,17+. The number of benzene rings is 1. The third kappa shape index (κ3) is 3.47. The topological polar surface area (TPSA) is 33.5 Å². The van der Waals surface area contributed by atoms with Crippen molar-refractivity contribution in [3.63, 3.8) is 0 Å². The molecule has 120 valence electrons. The van der Waals surface area contributed by atoms with Crippen LogP contribution >= 0.6 is 11.6 Å². The van der Waals surface area contributed by atoms with E-state index in [1.165, 1.54) is 32.2 Å². The van der Waals surface area contributed by atoms with Crippen LogP contribution in [0.4, 0.5) is 0 Å². The Labute approximate surface area is 138 Å². The van der Waals surface area contributed by atoms with E-state index < -0.39 is 0 Å². The zero-order chi connectivity index (χ0) is 15.5. The smallest absolute Gasteiger partial charge is 0.251 e. The summed E-state index contributed by atoms with van der Waals surface area (Å²) in [7, 11) is 0. The van der Waals surface area contributed by atoms with E-state index in [0.29, 0.717) is 16.6 Å². The van der Waals surface area contributed by atoms with Gasteiger partial charge in [0.2, 0.25) is 0 Å². The van der Waals surface area contributed by atoms with Gasteiger partial charge in [0.1, 0.15) is 0 Å². The van der Waals surface area contributed by atoms with Gasteiger partial charge in [-0.1, -0.05) is 24.6 Å². The largest absolute Gasteiger partial charge is 0.349 e. The number of amides is 1. The number of piperidine rings is 2. The summed E-state index contributed by atoms with van der Waals surface area (Å²) in [6.45, 7) is 3.56. The second-order valence-electron chi connectivity index (χ2n) is 6.80. The van der Waals surface area contributed by atoms with Gasteiger partial charge >= 0.3 is 0 Å². The van der Waals surface area contributed by atoms with E-state index in [9.17, 15) is 4.79 Å². The Bertz CT molecular complexity index is 520. The predicted molar refractivity (Wildman–Crippen MR) is 89.5 cm³/mol. The van der Waals surface area contributed by atoms with Crippen LogP contribution in [-0.2, 0) is 0 Å². The van der Waals surface area contributed by atoms with Gasteiger partial charge in [-0.2, -0.15) is 0 Å². The molecular formula is C18H26ClN2O+. The van der Waals surface area contributed by atoms with Gasteiger partial charge in [-0.25, -0.2) is 0 Å². The zero-order valence-corrected chi connectivity index (χ0v) is 14.0. The molecule has 1 aromatic carbocycles. The minimum atomic E-state index is 0.0181. The monoisotopic (exact) mass is 321 g/mol. The number of nitrogens with one attached hydrogen (secondary N) is 2. The Kier molecular flexibility index (Phi) is 5.04. The minimum Gasteiger partial charge on any atom is -0.349 e. The number of carbonyl (C=O) groups excluding carboxylic acids is 1. The molecule has 2 unspecified atom stereocenters. The van der Waals surface area contributed by atoms with Crippen molar-refractivity contribution >= 4 is 17.5 Å². The van der Waals surface area contributed by atoms with Crippen LogP contribution in [0.15, 0.2) is 24.3 Å². The maximum absolute atomic E-state index is 12.4. The molecule has 0 aliphatic carbocycles. The molecule has 4 atom stereocenters. The number of hydrogen-bond donors (Lipinski definition) is 2. The van der Waals surface area contributed by atoms with E-state index in [2.05, 4.69) is 12.2 Å². The van der Waals surface area contributed by atoms with Crippen molar-refractivity contribution in [1.29, 1.82) is 0 Å². The van der Waals surface area contributed by atoms with Gasteiger partial charge in [-0.05, 0) is 43.9 Å². The molecule has 2 heterocycles. The SMILES string of the molecule is CCC[NH+]1[C@@H]2CCC[C@H]1CC(NC(=O)c1cccc(Cl)c1)C2. The molecule has 2 saturated heterocycles. The quantitative estimate of drug-likeness (QED) is 0.877. The Morgan fingerprint density at radius 2 is 2.05 bits per heavy atom. The number of hydrogen-bond acceptors (Lipinski definition) is 1. The molecule has 3 rings (SSSR count). The highest BCUT2D eigenvalue weighted by Crippen LogP contribution is 2.22. The Morgan fingerprint density at radius 3 is 2.68 bits per heavy atom. The molecule has 3 nitrogen and oxygen atoms in total. The second-order valence-corrected chi connectivity index (χ2v) is 7.24. The average molecular weight is 322 g/mol. The summed E-state index contributed by atoms with van der Waals surface area (Å²) in [6.07, 6.45) is 7.49. The fraction of sp³-hybridized carbons (Fsp3) is 0.611. The Hall–Kier alpha value is -1.06. The molecule has 2 N–H and O–H groups in total. The van der Waals surface area contributed by atoms with Crippen LogP contribution in [0.3, 0.4) is 0 Å². The highest BCUT2D eigenvalue weighted by Gasteiger charge is 2.41. The van der Waals surface area contributed by atoms with Crippen molar-refractivity contribution in [3.05, 3.63) is 34.9 Å². The van der Waals surface area contributed by atoms with Crippen LogP contribution in [0.1, 0.15) is 55.8 Å². The number of quaternary nitrogens is 1. The molecular weight excluding hydrogens is 296 g/mol. The first-order chi connectivity index (χ1) is 10.7. The summed E-state index contributed by atoms with van der Waals surface area (Å²) in [5.74, 6) is 0.0181. The number of halogens is 1. The molecule has 2 aliphatic heterocycles. The third-order valence-corrected chi connectivity index (χ3v) is 5.49. The number of rotatable bonds is 4. The number of carbonyl (C=O) groups is 1. The molecule has 0 spiro atoms. The Balaban J connectivity index is 1.63. The van der Waals surface area contributed by atoms with Gasteiger partial charge < -0.3 is 10.2 Å². The lowest BCUT2D eigenvalue weighted by Crippen LogP contribution is -3.21. The van der Waals surface area contributed by atoms with Crippen molar-refractivity contribution < 1.29 is 9.69 Å². The van der Waals surface area contributed by atoms with Crippen molar-refractivity contribution in [3.8, 4) is 0 Å². The summed E-state index contributed by atoms with van der Waals surface area (Å²) < 4.78 is 0. The summed E-state index contributed by atoms with van der Waals surface area (Å²) in [6, 6.07) is 9.00. The lowest BCUT2D eigenvalue weighted by molar-refractivity contribution is -0.961. The van der Waals surface area contributed by atoms with Crippen LogP contribution in [0, 0.1) is 0 Å². The van der Waals surface area contributed by atoms with Crippen LogP contribution in [0.5, 0.6) is 0 Å². The van der Waals surface area contributed by atoms with Crippen molar-refractivity contribution in [2.75, 3.05) is 6.54 Å². The van der Waals surface area contributed by atoms with Crippen molar-refractivity contribution in [2.24, 2.45) is 0 Å². The van der Waals surface area contributed by atoms with E-state index in [1.807, 2.05) is 12.1 Å². The summed E-state index contributed by atoms with van der Waals surface area (Å²) in [4.78, 5) is 14.2. The second kappa shape index (κ2) is 7.01. The van der Waals surface area contributed by atoms with Gasteiger partial charge in [0.15, 0.2) is 0 Å². The highest BCUT2D eigenvalue weighted by atomic mass is 35.5. The lowest BCUT2D eigenvalue weighted by atomic mass is 9.81. The Morgan fingerprint density at radius 1 is 1.32 bits per heavy atom. The molecule has 2 aliphatic rings. The number of fused-ring (bicyclic) bond motifs is 2. The molecule has 0 radical (unpaired) electrons. The summed E-state index contributed by atoms with van der Waals surface area (Å²) in [5, 5.41) is 3.86. The van der Waals surface area contributed by atoms with Crippen LogP contribution in [0.2, 0.25) is 5.02 Å². The van der Waals surface area contributed by atoms with Crippen LogP contribution in [-0.4, -0.2) is 30.6 Å². The molecule has 2 bridgehead atoms. The van der Waals surface area contributed by atoms with Gasteiger partial charge in [0.25, 0.3) is 5.91 Å². The fourth-order valence-electron chi connectivity index (χ4n) is 4.35. The van der Waals surface area contributed by atoms with Gasteiger partial charge in [-0.3, -0.25) is 4.79 Å². The normalized spacial score (nSPS) is 30.8. The third-order valence-electron chi connectivity index (χ3n) is 5.25. The molecule has 2 fully saturated rings. The maximum Gasteiger partial charge on any atom is 0.251 e. The first-order valence-electron chi connectivity index (χ1n) is 8.59. The van der Waals surface area contributed by atoms with Crippen molar-refractivity contribution in [2.45, 2.75) is 63.6 Å². The molecule has 1 aromatic rings. The van der Waals surface area contributed by atoms with E-state index in [-0.39, 0.29) is 5.91 Å². The van der Waals surface area contributed by atoms with E-state index >= 15 is 0 Å². The first-order valence-corrected chi connectivity index (χ1v) is 8.97. The molecule has 0 aromatic heterocycles. The first kappa shape index (κ1) is 15.8. The van der Waals surface area contributed by atoms with Gasteiger partial charge in [0, 0.05) is 29.5 Å².